The summed E-state index contributed by atoms with van der Waals surface area (Å²) in [6.07, 6.45) is 1.81. The lowest BCUT2D eigenvalue weighted by Gasteiger charge is -2.34. The highest BCUT2D eigenvalue weighted by Crippen LogP contribution is 2.21. The Morgan fingerprint density at radius 3 is 3.27 bits per heavy atom. The Balaban J connectivity index is 2.20. The van der Waals surface area contributed by atoms with Crippen molar-refractivity contribution in [3.05, 3.63) is 18.0 Å². The highest BCUT2D eigenvalue weighted by molar-refractivity contribution is 7.99. The van der Waals surface area contributed by atoms with Gasteiger partial charge in [0.25, 0.3) is 0 Å². The van der Waals surface area contributed by atoms with Crippen LogP contribution in [0.4, 0.5) is 5.95 Å². The van der Waals surface area contributed by atoms with Gasteiger partial charge in [-0.15, -0.1) is 11.6 Å². The number of aromatic nitrogens is 2. The maximum Gasteiger partial charge on any atom is 0.225 e. The fourth-order valence-corrected chi connectivity index (χ4v) is 3.09. The standard InChI is InChI=1S/C10H14ClN3S/c1-8-2-3-12-10(13-8)14-4-5-15-7-9(14)6-11/h2-3,9H,4-7H2,1H3. The molecule has 15 heavy (non-hydrogen) atoms. The Hall–Kier alpha value is -0.480. The molecule has 0 N–H and O–H groups in total. The maximum absolute atomic E-state index is 5.95. The number of anilines is 1. The van der Waals surface area contributed by atoms with Crippen LogP contribution in [0.5, 0.6) is 0 Å². The van der Waals surface area contributed by atoms with Gasteiger partial charge < -0.3 is 4.90 Å². The summed E-state index contributed by atoms with van der Waals surface area (Å²) in [5.41, 5.74) is 1.01. The number of alkyl halides is 1. The number of hydrogen-bond donors (Lipinski definition) is 0. The van der Waals surface area contributed by atoms with E-state index >= 15 is 0 Å². The molecule has 0 amide bonds. The molecule has 0 aliphatic carbocycles. The van der Waals surface area contributed by atoms with Crippen LogP contribution in [0.25, 0.3) is 0 Å². The Kier molecular flexibility index (Phi) is 3.70. The van der Waals surface area contributed by atoms with E-state index in [0.29, 0.717) is 11.9 Å². The molecule has 1 saturated heterocycles. The lowest BCUT2D eigenvalue weighted by Crippen LogP contribution is -2.44. The molecule has 0 saturated carbocycles. The number of rotatable bonds is 2. The molecule has 0 aromatic carbocycles. The minimum Gasteiger partial charge on any atom is -0.335 e. The molecule has 1 aliphatic rings. The molecule has 0 bridgehead atoms. The summed E-state index contributed by atoms with van der Waals surface area (Å²) in [5, 5.41) is 0. The van der Waals surface area contributed by atoms with Gasteiger partial charge in [-0.2, -0.15) is 11.8 Å². The monoisotopic (exact) mass is 243 g/mol. The van der Waals surface area contributed by atoms with Gasteiger partial charge in [0.1, 0.15) is 0 Å². The van der Waals surface area contributed by atoms with E-state index < -0.39 is 0 Å². The number of aryl methyl sites for hydroxylation is 1. The Labute approximate surface area is 99.2 Å². The summed E-state index contributed by atoms with van der Waals surface area (Å²) < 4.78 is 0. The molecule has 1 aromatic heterocycles. The van der Waals surface area contributed by atoms with Crippen molar-refractivity contribution in [2.75, 3.05) is 28.8 Å². The summed E-state index contributed by atoms with van der Waals surface area (Å²) in [7, 11) is 0. The second-order valence-electron chi connectivity index (χ2n) is 3.57. The second kappa shape index (κ2) is 5.03. The third-order valence-electron chi connectivity index (χ3n) is 2.44. The molecular weight excluding hydrogens is 230 g/mol. The summed E-state index contributed by atoms with van der Waals surface area (Å²) in [4.78, 5) is 11.0. The predicted octanol–water partition coefficient (Wildman–Crippen LogP) is 1.95. The zero-order valence-electron chi connectivity index (χ0n) is 8.69. The average molecular weight is 244 g/mol. The highest BCUT2D eigenvalue weighted by atomic mass is 35.5. The number of hydrogen-bond acceptors (Lipinski definition) is 4. The first kappa shape index (κ1) is 11.0. The fourth-order valence-electron chi connectivity index (χ4n) is 1.62. The first-order valence-corrected chi connectivity index (χ1v) is 6.70. The molecule has 1 unspecified atom stereocenters. The van der Waals surface area contributed by atoms with Gasteiger partial charge in [-0.1, -0.05) is 0 Å². The molecule has 2 heterocycles. The first-order valence-electron chi connectivity index (χ1n) is 5.01. The van der Waals surface area contributed by atoms with Crippen LogP contribution in [0.3, 0.4) is 0 Å². The Bertz CT molecular complexity index is 334. The van der Waals surface area contributed by atoms with Crippen LogP contribution in [0, 0.1) is 6.92 Å². The first-order chi connectivity index (χ1) is 7.31. The third kappa shape index (κ3) is 2.55. The van der Waals surface area contributed by atoms with Crippen LogP contribution in [0.15, 0.2) is 12.3 Å². The maximum atomic E-state index is 5.95. The van der Waals surface area contributed by atoms with Crippen LogP contribution in [0.1, 0.15) is 5.69 Å². The minimum atomic E-state index is 0.368. The molecule has 0 spiro atoms. The van der Waals surface area contributed by atoms with Crippen LogP contribution in [-0.2, 0) is 0 Å². The summed E-state index contributed by atoms with van der Waals surface area (Å²) in [6.45, 7) is 2.98. The van der Waals surface area contributed by atoms with Gasteiger partial charge in [0.15, 0.2) is 0 Å². The largest absolute Gasteiger partial charge is 0.335 e. The summed E-state index contributed by atoms with van der Waals surface area (Å²) in [5.74, 6) is 3.66. The van der Waals surface area contributed by atoms with Crippen LogP contribution >= 0.6 is 23.4 Å². The molecule has 1 atom stereocenters. The van der Waals surface area contributed by atoms with E-state index in [0.717, 1.165) is 29.7 Å². The predicted molar refractivity (Wildman–Crippen MR) is 65.9 cm³/mol. The van der Waals surface area contributed by atoms with Crippen molar-refractivity contribution in [1.29, 1.82) is 0 Å². The molecule has 0 radical (unpaired) electrons. The zero-order chi connectivity index (χ0) is 10.7. The highest BCUT2D eigenvalue weighted by Gasteiger charge is 2.23. The lowest BCUT2D eigenvalue weighted by atomic mass is 10.3. The SMILES string of the molecule is Cc1ccnc(N2CCSCC2CCl)n1. The molecular formula is C10H14ClN3S. The lowest BCUT2D eigenvalue weighted by molar-refractivity contribution is 0.680. The van der Waals surface area contributed by atoms with Crippen molar-refractivity contribution in [3.8, 4) is 0 Å². The van der Waals surface area contributed by atoms with Gasteiger partial charge in [-0.25, -0.2) is 9.97 Å². The smallest absolute Gasteiger partial charge is 0.225 e. The number of thioether (sulfide) groups is 1. The van der Waals surface area contributed by atoms with E-state index in [9.17, 15) is 0 Å². The van der Waals surface area contributed by atoms with Crippen molar-refractivity contribution < 1.29 is 0 Å². The summed E-state index contributed by atoms with van der Waals surface area (Å²) in [6, 6.07) is 2.28. The van der Waals surface area contributed by atoms with Crippen LogP contribution in [0.2, 0.25) is 0 Å². The molecule has 2 rings (SSSR count). The minimum absolute atomic E-state index is 0.368. The van der Waals surface area contributed by atoms with E-state index in [1.165, 1.54) is 0 Å². The van der Waals surface area contributed by atoms with Gasteiger partial charge in [0, 0.05) is 35.8 Å². The van der Waals surface area contributed by atoms with E-state index in [-0.39, 0.29) is 0 Å². The van der Waals surface area contributed by atoms with Crippen molar-refractivity contribution >= 4 is 29.3 Å². The van der Waals surface area contributed by atoms with Crippen molar-refractivity contribution in [2.24, 2.45) is 0 Å². The molecule has 1 aromatic rings. The topological polar surface area (TPSA) is 29.0 Å². The van der Waals surface area contributed by atoms with Crippen LogP contribution < -0.4 is 4.90 Å². The van der Waals surface area contributed by atoms with Gasteiger partial charge in [-0.3, -0.25) is 0 Å². The normalized spacial score (nSPS) is 21.7. The summed E-state index contributed by atoms with van der Waals surface area (Å²) >= 11 is 7.90. The number of nitrogens with zero attached hydrogens (tertiary/aromatic N) is 3. The molecule has 82 valence electrons. The Morgan fingerprint density at radius 2 is 2.53 bits per heavy atom. The third-order valence-corrected chi connectivity index (χ3v) is 3.89. The van der Waals surface area contributed by atoms with E-state index in [1.54, 1.807) is 0 Å². The molecule has 1 aliphatic heterocycles. The van der Waals surface area contributed by atoms with Gasteiger partial charge in [0.2, 0.25) is 5.95 Å². The molecule has 5 heteroatoms. The Morgan fingerprint density at radius 1 is 1.67 bits per heavy atom. The number of halogens is 1. The fraction of sp³-hybridized carbons (Fsp3) is 0.600. The van der Waals surface area contributed by atoms with Crippen molar-refractivity contribution in [1.82, 2.24) is 9.97 Å². The van der Waals surface area contributed by atoms with Crippen molar-refractivity contribution in [2.45, 2.75) is 13.0 Å². The second-order valence-corrected chi connectivity index (χ2v) is 5.03. The molecule has 3 nitrogen and oxygen atoms in total. The van der Waals surface area contributed by atoms with E-state index in [1.807, 2.05) is 30.9 Å². The molecule has 1 fully saturated rings. The quantitative estimate of drug-likeness (QED) is 0.743. The zero-order valence-corrected chi connectivity index (χ0v) is 10.3. The average Bonchev–Trinajstić information content (AvgIpc) is 2.29. The van der Waals surface area contributed by atoms with Crippen molar-refractivity contribution in [3.63, 3.8) is 0 Å². The van der Waals surface area contributed by atoms with Crippen LogP contribution in [-0.4, -0.2) is 39.9 Å². The van der Waals surface area contributed by atoms with E-state index in [2.05, 4.69) is 14.9 Å². The van der Waals surface area contributed by atoms with Gasteiger partial charge in [-0.05, 0) is 13.0 Å². The van der Waals surface area contributed by atoms with E-state index in [4.69, 9.17) is 11.6 Å². The van der Waals surface area contributed by atoms with Gasteiger partial charge in [0.05, 0.1) is 6.04 Å². The van der Waals surface area contributed by atoms with Gasteiger partial charge >= 0.3 is 0 Å².